The van der Waals surface area contributed by atoms with Gasteiger partial charge < -0.3 is 9.88 Å². The fraction of sp³-hybridized carbons (Fsp3) is 0.769. The summed E-state index contributed by atoms with van der Waals surface area (Å²) in [6.45, 7) is 6.06. The zero-order valence-corrected chi connectivity index (χ0v) is 13.3. The van der Waals surface area contributed by atoms with E-state index in [4.69, 9.17) is 0 Å². The van der Waals surface area contributed by atoms with Crippen molar-refractivity contribution in [2.45, 2.75) is 44.2 Å². The average molecular weight is 300 g/mol. The maximum absolute atomic E-state index is 12.8. The number of nitrogens with one attached hydrogen (secondary N) is 1. The molecular weight excluding hydrogens is 276 g/mol. The van der Waals surface area contributed by atoms with Crippen molar-refractivity contribution in [1.82, 2.24) is 19.2 Å². The molecule has 6 nitrogen and oxygen atoms in total. The first kappa shape index (κ1) is 15.5. The Labute approximate surface area is 121 Å². The molecule has 2 rings (SSSR count). The molecule has 0 aliphatic carbocycles. The minimum absolute atomic E-state index is 0.0380. The van der Waals surface area contributed by atoms with E-state index in [2.05, 4.69) is 10.3 Å². The second kappa shape index (κ2) is 6.24. The third kappa shape index (κ3) is 3.05. The van der Waals surface area contributed by atoms with Crippen LogP contribution in [-0.4, -0.2) is 48.0 Å². The molecule has 1 atom stereocenters. The Morgan fingerprint density at radius 3 is 2.80 bits per heavy atom. The van der Waals surface area contributed by atoms with Crippen molar-refractivity contribution < 1.29 is 8.42 Å². The van der Waals surface area contributed by atoms with E-state index in [-0.39, 0.29) is 11.1 Å². The normalized spacial score (nSPS) is 20.5. The third-order valence-corrected chi connectivity index (χ3v) is 5.61. The van der Waals surface area contributed by atoms with Gasteiger partial charge in [0.1, 0.15) is 5.82 Å². The summed E-state index contributed by atoms with van der Waals surface area (Å²) in [5.41, 5.74) is 0. The molecule has 114 valence electrons. The molecule has 1 N–H and O–H groups in total. The minimum atomic E-state index is -3.50. The van der Waals surface area contributed by atoms with Gasteiger partial charge in [-0.05, 0) is 32.7 Å². The highest BCUT2D eigenvalue weighted by atomic mass is 32.2. The van der Waals surface area contributed by atoms with Crippen LogP contribution in [0.2, 0.25) is 0 Å². The first-order chi connectivity index (χ1) is 9.46. The highest BCUT2D eigenvalue weighted by Crippen LogP contribution is 2.21. The fourth-order valence-corrected chi connectivity index (χ4v) is 4.34. The molecule has 0 spiro atoms. The summed E-state index contributed by atoms with van der Waals surface area (Å²) in [6, 6.07) is 0.0380. The number of hydrogen-bond donors (Lipinski definition) is 1. The fourth-order valence-electron chi connectivity index (χ4n) is 2.57. The van der Waals surface area contributed by atoms with Crippen LogP contribution in [0.3, 0.4) is 0 Å². The van der Waals surface area contributed by atoms with Crippen molar-refractivity contribution >= 4 is 10.0 Å². The number of sulfonamides is 1. The molecule has 1 aromatic rings. The van der Waals surface area contributed by atoms with Crippen LogP contribution in [0.25, 0.3) is 0 Å². The van der Waals surface area contributed by atoms with Crippen LogP contribution >= 0.6 is 0 Å². The highest BCUT2D eigenvalue weighted by molar-refractivity contribution is 7.89. The number of nitrogens with zero attached hydrogens (tertiary/aromatic N) is 3. The summed E-state index contributed by atoms with van der Waals surface area (Å²) < 4.78 is 29.0. The largest absolute Gasteiger partial charge is 0.337 e. The molecule has 1 saturated heterocycles. The van der Waals surface area contributed by atoms with Gasteiger partial charge in [0, 0.05) is 32.4 Å². The molecule has 0 radical (unpaired) electrons. The smallest absolute Gasteiger partial charge is 0.262 e. The van der Waals surface area contributed by atoms with Crippen molar-refractivity contribution in [3.8, 4) is 0 Å². The molecule has 0 saturated carbocycles. The predicted octanol–water partition coefficient (Wildman–Crippen LogP) is 0.881. The number of piperidine rings is 1. The molecule has 1 aromatic heterocycles. The van der Waals surface area contributed by atoms with E-state index in [0.29, 0.717) is 12.4 Å². The van der Waals surface area contributed by atoms with Gasteiger partial charge in [0.05, 0.1) is 0 Å². The van der Waals surface area contributed by atoms with Crippen molar-refractivity contribution in [2.24, 2.45) is 7.05 Å². The van der Waals surface area contributed by atoms with Crippen LogP contribution in [0.5, 0.6) is 0 Å². The van der Waals surface area contributed by atoms with Gasteiger partial charge >= 0.3 is 0 Å². The lowest BCUT2D eigenvalue weighted by atomic mass is 10.1. The summed E-state index contributed by atoms with van der Waals surface area (Å²) in [5.74, 6) is 0.710. The van der Waals surface area contributed by atoms with E-state index in [9.17, 15) is 8.42 Å². The van der Waals surface area contributed by atoms with Crippen LogP contribution in [0.4, 0.5) is 0 Å². The van der Waals surface area contributed by atoms with Gasteiger partial charge in [-0.25, -0.2) is 13.4 Å². The topological polar surface area (TPSA) is 67.2 Å². The Kier molecular flexibility index (Phi) is 4.82. The number of hydrogen-bond acceptors (Lipinski definition) is 4. The molecule has 1 unspecified atom stereocenters. The van der Waals surface area contributed by atoms with E-state index >= 15 is 0 Å². The second-order valence-corrected chi connectivity index (χ2v) is 7.19. The van der Waals surface area contributed by atoms with E-state index in [1.54, 1.807) is 15.1 Å². The first-order valence-electron chi connectivity index (χ1n) is 7.19. The van der Waals surface area contributed by atoms with E-state index < -0.39 is 10.0 Å². The molecule has 2 heterocycles. The van der Waals surface area contributed by atoms with Crippen molar-refractivity contribution in [3.05, 3.63) is 12.0 Å². The van der Waals surface area contributed by atoms with Gasteiger partial charge in [-0.15, -0.1) is 0 Å². The molecule has 7 heteroatoms. The molecule has 1 aliphatic rings. The number of imidazole rings is 1. The lowest BCUT2D eigenvalue weighted by molar-refractivity contribution is 0.265. The molecule has 0 bridgehead atoms. The van der Waals surface area contributed by atoms with Gasteiger partial charge in [-0.3, -0.25) is 0 Å². The maximum atomic E-state index is 12.8. The molecular formula is C13H24N4O2S. The average Bonchev–Trinajstić information content (AvgIpc) is 2.77. The third-order valence-electron chi connectivity index (χ3n) is 3.78. The standard InChI is InChI=1S/C13H24N4O2S/c1-4-8-17(12-6-5-7-14-9-12)20(18,19)13-10-16(3)11(2)15-13/h10,12,14H,4-9H2,1-3H3. The van der Waals surface area contributed by atoms with Gasteiger partial charge in [-0.2, -0.15) is 4.31 Å². The van der Waals surface area contributed by atoms with Gasteiger partial charge in [-0.1, -0.05) is 6.92 Å². The van der Waals surface area contributed by atoms with Crippen LogP contribution in [0.1, 0.15) is 32.0 Å². The minimum Gasteiger partial charge on any atom is -0.337 e. The SMILES string of the molecule is CCCN(C1CCCNC1)S(=O)(=O)c1cn(C)c(C)n1. The second-order valence-electron chi connectivity index (χ2n) is 5.35. The Bertz CT molecular complexity index is 527. The van der Waals surface area contributed by atoms with Crippen LogP contribution in [-0.2, 0) is 17.1 Å². The van der Waals surface area contributed by atoms with Gasteiger partial charge in [0.15, 0.2) is 5.03 Å². The summed E-state index contributed by atoms with van der Waals surface area (Å²) in [5, 5.41) is 3.45. The molecule has 20 heavy (non-hydrogen) atoms. The monoisotopic (exact) mass is 300 g/mol. The summed E-state index contributed by atoms with van der Waals surface area (Å²) in [6.07, 6.45) is 4.34. The molecule has 0 amide bonds. The van der Waals surface area contributed by atoms with Gasteiger partial charge in [0.2, 0.25) is 0 Å². The Morgan fingerprint density at radius 1 is 1.55 bits per heavy atom. The van der Waals surface area contributed by atoms with E-state index in [1.807, 2.05) is 20.9 Å². The Hall–Kier alpha value is -0.920. The van der Waals surface area contributed by atoms with Gasteiger partial charge in [0.25, 0.3) is 10.0 Å². The Balaban J connectivity index is 2.31. The molecule has 1 aliphatic heterocycles. The molecule has 0 aromatic carbocycles. The van der Waals surface area contributed by atoms with Crippen LogP contribution in [0, 0.1) is 6.92 Å². The number of rotatable bonds is 5. The van der Waals surface area contributed by atoms with Crippen LogP contribution < -0.4 is 5.32 Å². The zero-order chi connectivity index (χ0) is 14.8. The van der Waals surface area contributed by atoms with Crippen molar-refractivity contribution in [3.63, 3.8) is 0 Å². The lowest BCUT2D eigenvalue weighted by Crippen LogP contribution is -2.48. The zero-order valence-electron chi connectivity index (χ0n) is 12.5. The van der Waals surface area contributed by atoms with Crippen LogP contribution in [0.15, 0.2) is 11.2 Å². The maximum Gasteiger partial charge on any atom is 0.262 e. The summed E-state index contributed by atoms with van der Waals surface area (Å²) in [7, 11) is -1.69. The quantitative estimate of drug-likeness (QED) is 0.876. The number of aromatic nitrogens is 2. The summed E-state index contributed by atoms with van der Waals surface area (Å²) >= 11 is 0. The lowest BCUT2D eigenvalue weighted by Gasteiger charge is -2.33. The first-order valence-corrected chi connectivity index (χ1v) is 8.63. The summed E-state index contributed by atoms with van der Waals surface area (Å²) in [4.78, 5) is 4.19. The van der Waals surface area contributed by atoms with E-state index in [1.165, 1.54) is 0 Å². The van der Waals surface area contributed by atoms with Crippen molar-refractivity contribution in [1.29, 1.82) is 0 Å². The number of aryl methyl sites for hydroxylation is 2. The van der Waals surface area contributed by atoms with E-state index in [0.717, 1.165) is 32.4 Å². The predicted molar refractivity (Wildman–Crippen MR) is 78.0 cm³/mol. The molecule has 1 fully saturated rings. The highest BCUT2D eigenvalue weighted by Gasteiger charge is 2.33. The Morgan fingerprint density at radius 2 is 2.30 bits per heavy atom. The van der Waals surface area contributed by atoms with Crippen molar-refractivity contribution in [2.75, 3.05) is 19.6 Å².